The number of nitrogens with one attached hydrogen (secondary N) is 1. The molecule has 0 saturated carbocycles. The Morgan fingerprint density at radius 3 is 2.91 bits per heavy atom. The molecule has 0 unspecified atom stereocenters. The van der Waals surface area contributed by atoms with Crippen molar-refractivity contribution in [2.75, 3.05) is 0 Å². The number of tetrazole rings is 1. The molecule has 0 aliphatic carbocycles. The summed E-state index contributed by atoms with van der Waals surface area (Å²) in [6, 6.07) is 9.60. The second kappa shape index (κ2) is 6.61. The Bertz CT molecular complexity index is 723. The molecule has 1 aromatic carbocycles. The van der Waals surface area contributed by atoms with E-state index in [0.717, 1.165) is 5.56 Å². The van der Waals surface area contributed by atoms with Crippen LogP contribution in [-0.4, -0.2) is 31.1 Å². The predicted octanol–water partition coefficient (Wildman–Crippen LogP) is 1.03. The second-order valence-electron chi connectivity index (χ2n) is 4.61. The maximum Gasteiger partial charge on any atom is 0.226 e. The van der Waals surface area contributed by atoms with Gasteiger partial charge in [-0.2, -0.15) is 0 Å². The molecule has 0 bridgehead atoms. The lowest BCUT2D eigenvalue weighted by atomic mass is 10.2. The summed E-state index contributed by atoms with van der Waals surface area (Å²) in [6.07, 6.45) is 3.31. The van der Waals surface area contributed by atoms with E-state index in [9.17, 15) is 4.79 Å². The number of carbonyl (C=O) groups excluding carboxylic acids is 1. The van der Waals surface area contributed by atoms with Crippen molar-refractivity contribution in [1.82, 2.24) is 30.5 Å². The van der Waals surface area contributed by atoms with Crippen molar-refractivity contribution in [3.05, 3.63) is 48.6 Å². The Kier molecular flexibility index (Phi) is 4.19. The summed E-state index contributed by atoms with van der Waals surface area (Å²) in [5, 5.41) is 13.5. The van der Waals surface area contributed by atoms with Crippen molar-refractivity contribution >= 4 is 5.91 Å². The van der Waals surface area contributed by atoms with Crippen LogP contribution < -0.4 is 5.32 Å². The number of oxazole rings is 1. The zero-order chi connectivity index (χ0) is 15.2. The minimum Gasteiger partial charge on any atom is -0.444 e. The fourth-order valence-corrected chi connectivity index (χ4v) is 1.88. The molecular formula is C14H14N6O2. The van der Waals surface area contributed by atoms with Gasteiger partial charge in [0.1, 0.15) is 12.6 Å². The smallest absolute Gasteiger partial charge is 0.226 e. The third-order valence-corrected chi connectivity index (χ3v) is 3.00. The van der Waals surface area contributed by atoms with Crippen LogP contribution in [0.2, 0.25) is 0 Å². The number of nitrogens with zero attached hydrogens (tertiary/aromatic N) is 5. The van der Waals surface area contributed by atoms with E-state index in [2.05, 4.69) is 25.8 Å². The van der Waals surface area contributed by atoms with Crippen LogP contribution in [0.3, 0.4) is 0 Å². The van der Waals surface area contributed by atoms with Gasteiger partial charge in [0.2, 0.25) is 11.8 Å². The summed E-state index contributed by atoms with van der Waals surface area (Å²) >= 11 is 0. The second-order valence-corrected chi connectivity index (χ2v) is 4.61. The van der Waals surface area contributed by atoms with Crippen molar-refractivity contribution in [3.63, 3.8) is 0 Å². The number of carbonyl (C=O) groups is 1. The van der Waals surface area contributed by atoms with Gasteiger partial charge in [0.05, 0.1) is 18.8 Å². The fraction of sp³-hybridized carbons (Fsp3) is 0.214. The number of rotatable bonds is 6. The molecule has 1 N–H and O–H groups in total. The summed E-state index contributed by atoms with van der Waals surface area (Å²) in [5.74, 6) is 0.443. The molecular weight excluding hydrogens is 284 g/mol. The largest absolute Gasteiger partial charge is 0.444 e. The highest BCUT2D eigenvalue weighted by molar-refractivity contribution is 5.75. The third kappa shape index (κ3) is 3.54. The van der Waals surface area contributed by atoms with Crippen molar-refractivity contribution in [2.45, 2.75) is 19.5 Å². The highest BCUT2D eigenvalue weighted by Gasteiger charge is 2.08. The van der Waals surface area contributed by atoms with Crippen LogP contribution in [0.25, 0.3) is 11.5 Å². The highest BCUT2D eigenvalue weighted by Crippen LogP contribution is 2.17. The highest BCUT2D eigenvalue weighted by atomic mass is 16.3. The Hall–Kier alpha value is -3.03. The van der Waals surface area contributed by atoms with Gasteiger partial charge >= 0.3 is 0 Å². The zero-order valence-electron chi connectivity index (χ0n) is 11.7. The summed E-state index contributed by atoms with van der Waals surface area (Å²) in [6.45, 7) is 0.762. The minimum atomic E-state index is -0.0974. The standard InChI is InChI=1S/C14H14N6O2/c21-13(6-7-20-10-16-18-19-20)15-8-12-9-22-14(17-12)11-4-2-1-3-5-11/h1-5,9-10H,6-8H2,(H,15,21). The zero-order valence-corrected chi connectivity index (χ0v) is 11.7. The van der Waals surface area contributed by atoms with Gasteiger partial charge in [0.15, 0.2) is 0 Å². The molecule has 3 aromatic rings. The molecule has 0 saturated heterocycles. The van der Waals surface area contributed by atoms with Gasteiger partial charge in [-0.1, -0.05) is 18.2 Å². The van der Waals surface area contributed by atoms with Crippen molar-refractivity contribution in [2.24, 2.45) is 0 Å². The van der Waals surface area contributed by atoms with E-state index < -0.39 is 0 Å². The lowest BCUT2D eigenvalue weighted by Gasteiger charge is -2.02. The van der Waals surface area contributed by atoms with E-state index in [1.165, 1.54) is 11.0 Å². The lowest BCUT2D eigenvalue weighted by Crippen LogP contribution is -2.24. The number of hydrogen-bond donors (Lipinski definition) is 1. The maximum atomic E-state index is 11.7. The molecule has 0 spiro atoms. The molecule has 1 amide bonds. The van der Waals surface area contributed by atoms with E-state index in [0.29, 0.717) is 31.1 Å². The molecule has 0 aliphatic heterocycles. The van der Waals surface area contributed by atoms with Gasteiger partial charge in [0.25, 0.3) is 0 Å². The van der Waals surface area contributed by atoms with E-state index >= 15 is 0 Å². The SMILES string of the molecule is O=C(CCn1cnnn1)NCc1coc(-c2ccccc2)n1. The van der Waals surface area contributed by atoms with Crippen LogP contribution in [0.5, 0.6) is 0 Å². The number of amides is 1. The van der Waals surface area contributed by atoms with E-state index in [-0.39, 0.29) is 5.91 Å². The van der Waals surface area contributed by atoms with E-state index in [4.69, 9.17) is 4.42 Å². The normalized spacial score (nSPS) is 10.5. The molecule has 3 rings (SSSR count). The molecule has 0 aliphatic rings. The first-order chi connectivity index (χ1) is 10.8. The average Bonchev–Trinajstić information content (AvgIpc) is 3.23. The van der Waals surface area contributed by atoms with Crippen LogP contribution in [0.4, 0.5) is 0 Å². The molecule has 0 radical (unpaired) electrons. The van der Waals surface area contributed by atoms with Crippen LogP contribution in [0.1, 0.15) is 12.1 Å². The molecule has 112 valence electrons. The Morgan fingerprint density at radius 1 is 1.27 bits per heavy atom. The predicted molar refractivity (Wildman–Crippen MR) is 76.2 cm³/mol. The third-order valence-electron chi connectivity index (χ3n) is 3.00. The number of hydrogen-bond acceptors (Lipinski definition) is 6. The lowest BCUT2D eigenvalue weighted by molar-refractivity contribution is -0.121. The summed E-state index contributed by atoms with van der Waals surface area (Å²) in [7, 11) is 0. The average molecular weight is 298 g/mol. The van der Waals surface area contributed by atoms with Gasteiger partial charge in [-0.15, -0.1) is 5.10 Å². The molecule has 22 heavy (non-hydrogen) atoms. The van der Waals surface area contributed by atoms with Crippen LogP contribution >= 0.6 is 0 Å². The Morgan fingerprint density at radius 2 is 2.14 bits per heavy atom. The van der Waals surface area contributed by atoms with Gasteiger partial charge in [0, 0.05) is 12.0 Å². The van der Waals surface area contributed by atoms with Crippen LogP contribution in [0.15, 0.2) is 47.3 Å². The molecule has 8 nitrogen and oxygen atoms in total. The van der Waals surface area contributed by atoms with Gasteiger partial charge in [-0.3, -0.25) is 4.79 Å². The maximum absolute atomic E-state index is 11.7. The summed E-state index contributed by atoms with van der Waals surface area (Å²) in [5.41, 5.74) is 1.58. The summed E-state index contributed by atoms with van der Waals surface area (Å²) in [4.78, 5) is 16.1. The number of benzene rings is 1. The molecule has 2 aromatic heterocycles. The molecule has 0 atom stereocenters. The number of aryl methyl sites for hydroxylation is 1. The fourth-order valence-electron chi connectivity index (χ4n) is 1.88. The quantitative estimate of drug-likeness (QED) is 0.730. The van der Waals surface area contributed by atoms with Gasteiger partial charge in [-0.25, -0.2) is 9.67 Å². The summed E-state index contributed by atoms with van der Waals surface area (Å²) < 4.78 is 6.91. The topological polar surface area (TPSA) is 98.7 Å². The van der Waals surface area contributed by atoms with Crippen LogP contribution in [0, 0.1) is 0 Å². The van der Waals surface area contributed by atoms with Crippen molar-refractivity contribution in [3.8, 4) is 11.5 Å². The first kappa shape index (κ1) is 13.9. The Labute approximate surface area is 126 Å². The van der Waals surface area contributed by atoms with E-state index in [1.807, 2.05) is 30.3 Å². The first-order valence-corrected chi connectivity index (χ1v) is 6.78. The molecule has 0 fully saturated rings. The van der Waals surface area contributed by atoms with Crippen LogP contribution in [-0.2, 0) is 17.9 Å². The molecule has 8 heteroatoms. The monoisotopic (exact) mass is 298 g/mol. The number of aromatic nitrogens is 5. The van der Waals surface area contributed by atoms with Crippen molar-refractivity contribution in [1.29, 1.82) is 0 Å². The van der Waals surface area contributed by atoms with Gasteiger partial charge < -0.3 is 9.73 Å². The van der Waals surface area contributed by atoms with Gasteiger partial charge in [-0.05, 0) is 22.6 Å². The molecule has 2 heterocycles. The first-order valence-electron chi connectivity index (χ1n) is 6.78. The van der Waals surface area contributed by atoms with E-state index in [1.54, 1.807) is 6.26 Å². The Balaban J connectivity index is 1.49. The minimum absolute atomic E-state index is 0.0974. The van der Waals surface area contributed by atoms with Crippen molar-refractivity contribution < 1.29 is 9.21 Å².